The van der Waals surface area contributed by atoms with Crippen molar-refractivity contribution in [1.29, 1.82) is 0 Å². The summed E-state index contributed by atoms with van der Waals surface area (Å²) in [6.45, 7) is 6.76. The van der Waals surface area contributed by atoms with Crippen molar-refractivity contribution in [2.24, 2.45) is 0 Å². The fraction of sp³-hybridized carbons (Fsp3) is 0.500. The molecule has 1 atom stereocenters. The standard InChI is InChI=1S/C12H19NO/c1-4-12(14)8-13-11-6-9(2)5-10(3)7-11/h5-7,12-14H,4,8H2,1-3H3. The van der Waals surface area contributed by atoms with Crippen molar-refractivity contribution in [1.82, 2.24) is 0 Å². The molecule has 0 amide bonds. The molecule has 1 aromatic carbocycles. The summed E-state index contributed by atoms with van der Waals surface area (Å²) in [6.07, 6.45) is 0.536. The van der Waals surface area contributed by atoms with E-state index in [-0.39, 0.29) is 6.10 Å². The second-order valence-corrected chi connectivity index (χ2v) is 3.82. The lowest BCUT2D eigenvalue weighted by Gasteiger charge is -2.11. The smallest absolute Gasteiger partial charge is 0.0709 e. The molecule has 1 unspecified atom stereocenters. The van der Waals surface area contributed by atoms with Gasteiger partial charge in [-0.1, -0.05) is 13.0 Å². The Morgan fingerprint density at radius 3 is 2.29 bits per heavy atom. The third-order valence-electron chi connectivity index (χ3n) is 2.23. The third-order valence-corrected chi connectivity index (χ3v) is 2.23. The molecule has 14 heavy (non-hydrogen) atoms. The summed E-state index contributed by atoms with van der Waals surface area (Å²) in [4.78, 5) is 0. The number of aryl methyl sites for hydroxylation is 2. The first-order valence-electron chi connectivity index (χ1n) is 5.12. The van der Waals surface area contributed by atoms with Gasteiger partial charge in [0.1, 0.15) is 0 Å². The van der Waals surface area contributed by atoms with Crippen LogP contribution < -0.4 is 5.32 Å². The van der Waals surface area contributed by atoms with E-state index in [0.717, 1.165) is 12.1 Å². The summed E-state index contributed by atoms with van der Waals surface area (Å²) < 4.78 is 0. The minimum absolute atomic E-state index is 0.254. The number of aliphatic hydroxyl groups is 1. The Bertz CT molecular complexity index is 276. The lowest BCUT2D eigenvalue weighted by molar-refractivity contribution is 0.183. The van der Waals surface area contributed by atoms with E-state index in [1.54, 1.807) is 0 Å². The highest BCUT2D eigenvalue weighted by molar-refractivity contribution is 5.48. The molecule has 0 fully saturated rings. The summed E-state index contributed by atoms with van der Waals surface area (Å²) in [6, 6.07) is 6.33. The van der Waals surface area contributed by atoms with E-state index in [4.69, 9.17) is 0 Å². The van der Waals surface area contributed by atoms with Gasteiger partial charge in [0, 0.05) is 12.2 Å². The van der Waals surface area contributed by atoms with Gasteiger partial charge in [-0.3, -0.25) is 0 Å². The van der Waals surface area contributed by atoms with Crippen molar-refractivity contribution < 1.29 is 5.11 Å². The van der Waals surface area contributed by atoms with Crippen LogP contribution in [0.25, 0.3) is 0 Å². The highest BCUT2D eigenvalue weighted by Gasteiger charge is 2.00. The second-order valence-electron chi connectivity index (χ2n) is 3.82. The maximum atomic E-state index is 9.40. The van der Waals surface area contributed by atoms with Crippen molar-refractivity contribution >= 4 is 5.69 Å². The fourth-order valence-electron chi connectivity index (χ4n) is 1.46. The number of nitrogens with one attached hydrogen (secondary N) is 1. The summed E-state index contributed by atoms with van der Waals surface area (Å²) >= 11 is 0. The molecule has 78 valence electrons. The summed E-state index contributed by atoms with van der Waals surface area (Å²) in [7, 11) is 0. The summed E-state index contributed by atoms with van der Waals surface area (Å²) in [5, 5.41) is 12.6. The van der Waals surface area contributed by atoms with Crippen LogP contribution in [0.15, 0.2) is 18.2 Å². The maximum absolute atomic E-state index is 9.40. The number of hydrogen-bond acceptors (Lipinski definition) is 2. The predicted octanol–water partition coefficient (Wildman–Crippen LogP) is 2.49. The van der Waals surface area contributed by atoms with Gasteiger partial charge in [0.05, 0.1) is 6.10 Å². The average Bonchev–Trinajstić information content (AvgIpc) is 2.12. The Morgan fingerprint density at radius 2 is 1.79 bits per heavy atom. The fourth-order valence-corrected chi connectivity index (χ4v) is 1.46. The lowest BCUT2D eigenvalue weighted by Crippen LogP contribution is -2.18. The van der Waals surface area contributed by atoms with Gasteiger partial charge in [-0.2, -0.15) is 0 Å². The predicted molar refractivity (Wildman–Crippen MR) is 60.7 cm³/mol. The molecule has 0 aliphatic rings. The first-order valence-corrected chi connectivity index (χ1v) is 5.12. The van der Waals surface area contributed by atoms with E-state index < -0.39 is 0 Å². The molecule has 0 bridgehead atoms. The third kappa shape index (κ3) is 3.38. The number of benzene rings is 1. The van der Waals surface area contributed by atoms with E-state index in [0.29, 0.717) is 6.54 Å². The van der Waals surface area contributed by atoms with Crippen molar-refractivity contribution in [2.45, 2.75) is 33.3 Å². The van der Waals surface area contributed by atoms with Gasteiger partial charge in [0.15, 0.2) is 0 Å². The first-order chi connectivity index (χ1) is 6.61. The molecular formula is C12H19NO. The molecule has 1 aromatic rings. The van der Waals surface area contributed by atoms with Gasteiger partial charge >= 0.3 is 0 Å². The highest BCUT2D eigenvalue weighted by atomic mass is 16.3. The minimum Gasteiger partial charge on any atom is -0.391 e. The molecular weight excluding hydrogens is 174 g/mol. The molecule has 2 heteroatoms. The van der Waals surface area contributed by atoms with Crippen LogP contribution in [0.3, 0.4) is 0 Å². The van der Waals surface area contributed by atoms with E-state index in [2.05, 4.69) is 37.4 Å². The Balaban J connectivity index is 2.58. The zero-order valence-electron chi connectivity index (χ0n) is 9.17. The molecule has 0 saturated heterocycles. The topological polar surface area (TPSA) is 32.3 Å². The number of rotatable bonds is 4. The van der Waals surface area contributed by atoms with Crippen molar-refractivity contribution in [3.05, 3.63) is 29.3 Å². The molecule has 0 heterocycles. The van der Waals surface area contributed by atoms with Gasteiger partial charge < -0.3 is 10.4 Å². The minimum atomic E-state index is -0.254. The van der Waals surface area contributed by atoms with E-state index in [1.165, 1.54) is 11.1 Å². The quantitative estimate of drug-likeness (QED) is 0.770. The second kappa shape index (κ2) is 5.01. The van der Waals surface area contributed by atoms with E-state index >= 15 is 0 Å². The van der Waals surface area contributed by atoms with Crippen LogP contribution in [-0.2, 0) is 0 Å². The molecule has 0 saturated carbocycles. The average molecular weight is 193 g/mol. The molecule has 0 spiro atoms. The summed E-state index contributed by atoms with van der Waals surface area (Å²) in [5.41, 5.74) is 3.59. The van der Waals surface area contributed by atoms with Crippen molar-refractivity contribution in [3.8, 4) is 0 Å². The van der Waals surface area contributed by atoms with E-state index in [1.807, 2.05) is 6.92 Å². The first kappa shape index (κ1) is 11.1. The molecule has 2 nitrogen and oxygen atoms in total. The van der Waals surface area contributed by atoms with Gasteiger partial charge in [0.25, 0.3) is 0 Å². The van der Waals surface area contributed by atoms with Crippen LogP contribution in [0.2, 0.25) is 0 Å². The molecule has 0 aromatic heterocycles. The molecule has 0 aliphatic carbocycles. The Labute approximate surface area is 86.0 Å². The molecule has 0 aliphatic heterocycles. The Morgan fingerprint density at radius 1 is 1.21 bits per heavy atom. The van der Waals surface area contributed by atoms with Crippen molar-refractivity contribution in [3.63, 3.8) is 0 Å². The zero-order chi connectivity index (χ0) is 10.6. The normalized spacial score (nSPS) is 12.6. The number of anilines is 1. The highest BCUT2D eigenvalue weighted by Crippen LogP contribution is 2.13. The Hall–Kier alpha value is -1.02. The summed E-state index contributed by atoms with van der Waals surface area (Å²) in [5.74, 6) is 0. The number of aliphatic hydroxyl groups excluding tert-OH is 1. The van der Waals surface area contributed by atoms with Crippen molar-refractivity contribution in [2.75, 3.05) is 11.9 Å². The van der Waals surface area contributed by atoms with Gasteiger partial charge in [-0.05, 0) is 43.5 Å². The van der Waals surface area contributed by atoms with Gasteiger partial charge in [0.2, 0.25) is 0 Å². The zero-order valence-corrected chi connectivity index (χ0v) is 9.17. The lowest BCUT2D eigenvalue weighted by atomic mass is 10.1. The largest absolute Gasteiger partial charge is 0.391 e. The Kier molecular flexibility index (Phi) is 3.96. The van der Waals surface area contributed by atoms with Crippen LogP contribution in [0.1, 0.15) is 24.5 Å². The van der Waals surface area contributed by atoms with Crippen LogP contribution in [-0.4, -0.2) is 17.8 Å². The SMILES string of the molecule is CCC(O)CNc1cc(C)cc(C)c1. The van der Waals surface area contributed by atoms with E-state index in [9.17, 15) is 5.11 Å². The van der Waals surface area contributed by atoms with Gasteiger partial charge in [-0.25, -0.2) is 0 Å². The molecule has 0 radical (unpaired) electrons. The van der Waals surface area contributed by atoms with Gasteiger partial charge in [-0.15, -0.1) is 0 Å². The van der Waals surface area contributed by atoms with Crippen LogP contribution in [0.5, 0.6) is 0 Å². The molecule has 1 rings (SSSR count). The van der Waals surface area contributed by atoms with Crippen LogP contribution in [0.4, 0.5) is 5.69 Å². The number of hydrogen-bond donors (Lipinski definition) is 2. The molecule has 2 N–H and O–H groups in total. The van der Waals surface area contributed by atoms with Crippen LogP contribution >= 0.6 is 0 Å². The monoisotopic (exact) mass is 193 g/mol. The maximum Gasteiger partial charge on any atom is 0.0709 e. The van der Waals surface area contributed by atoms with Crippen LogP contribution in [0, 0.1) is 13.8 Å².